The van der Waals surface area contributed by atoms with E-state index in [2.05, 4.69) is 15.7 Å². The molecule has 1 heterocycles. The van der Waals surface area contributed by atoms with Crippen LogP contribution in [0.1, 0.15) is 16.8 Å². The van der Waals surface area contributed by atoms with Crippen molar-refractivity contribution >= 4 is 6.03 Å². The quantitative estimate of drug-likeness (QED) is 0.847. The summed E-state index contributed by atoms with van der Waals surface area (Å²) in [5.74, 6) is 0. The van der Waals surface area contributed by atoms with Crippen molar-refractivity contribution in [2.75, 3.05) is 7.11 Å². The smallest absolute Gasteiger partial charge is 0.315 e. The van der Waals surface area contributed by atoms with Crippen LogP contribution in [0.4, 0.5) is 4.79 Å². The van der Waals surface area contributed by atoms with E-state index >= 15 is 0 Å². The number of carbonyl (C=O) groups excluding carboxylic acids is 1. The summed E-state index contributed by atoms with van der Waals surface area (Å²) in [6.45, 7) is 1.45. The number of hydrogen-bond donors (Lipinski definition) is 2. The maximum Gasteiger partial charge on any atom is 0.315 e. The molecule has 1 aromatic heterocycles. The molecular formula is C15H20N4O2. The van der Waals surface area contributed by atoms with Gasteiger partial charge in [-0.2, -0.15) is 5.10 Å². The van der Waals surface area contributed by atoms with Gasteiger partial charge in [0.2, 0.25) is 0 Å². The average molecular weight is 288 g/mol. The summed E-state index contributed by atoms with van der Waals surface area (Å²) in [7, 11) is 3.50. The van der Waals surface area contributed by atoms with E-state index < -0.39 is 0 Å². The van der Waals surface area contributed by atoms with E-state index in [0.717, 1.165) is 16.8 Å². The van der Waals surface area contributed by atoms with Crippen LogP contribution in [0, 0.1) is 0 Å². The van der Waals surface area contributed by atoms with Crippen LogP contribution in [0.15, 0.2) is 36.5 Å². The fourth-order valence-corrected chi connectivity index (χ4v) is 2.01. The predicted octanol–water partition coefficient (Wildman–Crippen LogP) is 1.57. The second-order valence-corrected chi connectivity index (χ2v) is 4.68. The highest BCUT2D eigenvalue weighted by Gasteiger charge is 2.05. The Labute approximate surface area is 124 Å². The molecule has 2 aromatic rings. The molecular weight excluding hydrogens is 268 g/mol. The topological polar surface area (TPSA) is 68.2 Å². The Hall–Kier alpha value is -2.34. The van der Waals surface area contributed by atoms with Crippen molar-refractivity contribution in [3.63, 3.8) is 0 Å². The predicted molar refractivity (Wildman–Crippen MR) is 79.4 cm³/mol. The monoisotopic (exact) mass is 288 g/mol. The van der Waals surface area contributed by atoms with Crippen LogP contribution in [0.25, 0.3) is 0 Å². The molecule has 0 bridgehead atoms. The number of nitrogens with zero attached hydrogens (tertiary/aromatic N) is 2. The summed E-state index contributed by atoms with van der Waals surface area (Å²) >= 11 is 0. The molecule has 112 valence electrons. The molecule has 0 fully saturated rings. The molecule has 0 radical (unpaired) electrons. The first-order valence-electron chi connectivity index (χ1n) is 6.75. The van der Waals surface area contributed by atoms with Crippen molar-refractivity contribution in [3.05, 3.63) is 53.3 Å². The van der Waals surface area contributed by atoms with Gasteiger partial charge in [0.25, 0.3) is 0 Å². The summed E-state index contributed by atoms with van der Waals surface area (Å²) < 4.78 is 6.88. The molecule has 0 aliphatic carbocycles. The van der Waals surface area contributed by atoms with Crippen LogP contribution < -0.4 is 10.6 Å². The molecule has 6 nitrogen and oxygen atoms in total. The largest absolute Gasteiger partial charge is 0.380 e. The van der Waals surface area contributed by atoms with Crippen molar-refractivity contribution in [2.45, 2.75) is 19.7 Å². The fraction of sp³-hybridized carbons (Fsp3) is 0.333. The van der Waals surface area contributed by atoms with E-state index in [9.17, 15) is 4.79 Å². The van der Waals surface area contributed by atoms with Crippen molar-refractivity contribution in [2.24, 2.45) is 7.05 Å². The zero-order valence-corrected chi connectivity index (χ0v) is 12.3. The zero-order chi connectivity index (χ0) is 15.1. The average Bonchev–Trinajstić information content (AvgIpc) is 2.90. The number of aromatic nitrogens is 2. The number of aryl methyl sites for hydroxylation is 1. The molecule has 0 aliphatic rings. The van der Waals surface area contributed by atoms with Gasteiger partial charge in [-0.1, -0.05) is 24.3 Å². The highest BCUT2D eigenvalue weighted by molar-refractivity contribution is 5.73. The molecule has 2 amide bonds. The van der Waals surface area contributed by atoms with Gasteiger partial charge in [-0.05, 0) is 17.2 Å². The van der Waals surface area contributed by atoms with E-state index in [1.54, 1.807) is 18.0 Å². The third-order valence-electron chi connectivity index (χ3n) is 3.21. The Morgan fingerprint density at radius 1 is 1.19 bits per heavy atom. The number of ether oxygens (including phenoxy) is 1. The molecule has 2 rings (SSSR count). The van der Waals surface area contributed by atoms with Gasteiger partial charge in [0.15, 0.2) is 0 Å². The van der Waals surface area contributed by atoms with Crippen molar-refractivity contribution < 1.29 is 9.53 Å². The summed E-state index contributed by atoms with van der Waals surface area (Å²) in [6, 6.07) is 9.55. The molecule has 0 atom stereocenters. The Morgan fingerprint density at radius 3 is 2.57 bits per heavy atom. The van der Waals surface area contributed by atoms with Crippen LogP contribution in [0.2, 0.25) is 0 Å². The Bertz CT molecular complexity index is 595. The minimum Gasteiger partial charge on any atom is -0.380 e. The number of urea groups is 1. The minimum absolute atomic E-state index is 0.205. The van der Waals surface area contributed by atoms with Crippen LogP contribution in [-0.2, 0) is 31.5 Å². The van der Waals surface area contributed by atoms with E-state index in [1.807, 2.05) is 37.4 Å². The van der Waals surface area contributed by atoms with Gasteiger partial charge >= 0.3 is 6.03 Å². The lowest BCUT2D eigenvalue weighted by Gasteiger charge is -2.11. The number of nitrogens with one attached hydrogen (secondary N) is 2. The minimum atomic E-state index is -0.205. The van der Waals surface area contributed by atoms with E-state index in [1.165, 1.54) is 0 Å². The number of methoxy groups -OCH3 is 1. The number of hydrogen-bond acceptors (Lipinski definition) is 3. The maximum atomic E-state index is 11.8. The van der Waals surface area contributed by atoms with Gasteiger partial charge in [0.05, 0.1) is 18.8 Å². The van der Waals surface area contributed by atoms with Crippen LogP contribution in [0.3, 0.4) is 0 Å². The van der Waals surface area contributed by atoms with E-state index in [0.29, 0.717) is 19.7 Å². The normalized spacial score (nSPS) is 10.4. The molecule has 0 unspecified atom stereocenters. The van der Waals surface area contributed by atoms with Gasteiger partial charge in [-0.3, -0.25) is 4.68 Å². The summed E-state index contributed by atoms with van der Waals surface area (Å²) in [5, 5.41) is 9.70. The number of rotatable bonds is 6. The number of benzene rings is 1. The molecule has 0 saturated heterocycles. The van der Waals surface area contributed by atoms with Gasteiger partial charge < -0.3 is 15.4 Å². The Balaban J connectivity index is 1.82. The summed E-state index contributed by atoms with van der Waals surface area (Å²) in [5.41, 5.74) is 3.08. The van der Waals surface area contributed by atoms with Crippen molar-refractivity contribution in [3.8, 4) is 0 Å². The second kappa shape index (κ2) is 7.44. The fourth-order valence-electron chi connectivity index (χ4n) is 2.01. The standard InChI is InChI=1S/C15H20N4O2/c1-19-14(7-8-18-19)10-17-15(20)16-9-12-5-3-4-6-13(12)11-21-2/h3-8H,9-11H2,1-2H3,(H2,16,17,20). The zero-order valence-electron chi connectivity index (χ0n) is 12.3. The molecule has 6 heteroatoms. The first kappa shape index (κ1) is 15.1. The first-order valence-corrected chi connectivity index (χ1v) is 6.75. The van der Waals surface area contributed by atoms with E-state index in [-0.39, 0.29) is 6.03 Å². The molecule has 0 aliphatic heterocycles. The lowest BCUT2D eigenvalue weighted by molar-refractivity contribution is 0.184. The summed E-state index contributed by atoms with van der Waals surface area (Å²) in [6.07, 6.45) is 1.70. The van der Waals surface area contributed by atoms with Crippen LogP contribution in [-0.4, -0.2) is 22.9 Å². The van der Waals surface area contributed by atoms with Crippen LogP contribution >= 0.6 is 0 Å². The maximum absolute atomic E-state index is 11.8. The lowest BCUT2D eigenvalue weighted by Crippen LogP contribution is -2.35. The molecule has 21 heavy (non-hydrogen) atoms. The molecule has 1 aromatic carbocycles. The molecule has 2 N–H and O–H groups in total. The van der Waals surface area contributed by atoms with Gasteiger partial charge in [-0.25, -0.2) is 4.79 Å². The Morgan fingerprint density at radius 2 is 1.90 bits per heavy atom. The Kier molecular flexibility index (Phi) is 5.34. The highest BCUT2D eigenvalue weighted by Crippen LogP contribution is 2.09. The third kappa shape index (κ3) is 4.32. The summed E-state index contributed by atoms with van der Waals surface area (Å²) in [4.78, 5) is 11.8. The number of carbonyl (C=O) groups is 1. The van der Waals surface area contributed by atoms with Crippen LogP contribution in [0.5, 0.6) is 0 Å². The second-order valence-electron chi connectivity index (χ2n) is 4.68. The van der Waals surface area contributed by atoms with Gasteiger partial charge in [0.1, 0.15) is 0 Å². The highest BCUT2D eigenvalue weighted by atomic mass is 16.5. The van der Waals surface area contributed by atoms with Gasteiger partial charge in [0, 0.05) is 26.9 Å². The third-order valence-corrected chi connectivity index (χ3v) is 3.21. The van der Waals surface area contributed by atoms with Crippen molar-refractivity contribution in [1.82, 2.24) is 20.4 Å². The lowest BCUT2D eigenvalue weighted by atomic mass is 10.1. The van der Waals surface area contributed by atoms with E-state index in [4.69, 9.17) is 4.74 Å². The molecule has 0 saturated carbocycles. The SMILES string of the molecule is COCc1ccccc1CNC(=O)NCc1ccnn1C. The first-order chi connectivity index (χ1) is 10.2. The number of amides is 2. The molecule has 0 spiro atoms. The van der Waals surface area contributed by atoms with Crippen molar-refractivity contribution in [1.29, 1.82) is 0 Å². The van der Waals surface area contributed by atoms with Gasteiger partial charge in [-0.15, -0.1) is 0 Å².